The highest BCUT2D eigenvalue weighted by Gasteiger charge is 2.49. The Kier molecular flexibility index (Phi) is 3.62. The molecular formula is C12H11Cl2N3O3. The monoisotopic (exact) mass is 315 g/mol. The molecule has 0 saturated carbocycles. The number of nitrogens with two attached hydrogens (primary N) is 1. The van der Waals surface area contributed by atoms with Gasteiger partial charge < -0.3 is 11.1 Å². The second kappa shape index (κ2) is 4.96. The number of halogens is 2. The van der Waals surface area contributed by atoms with Crippen LogP contribution in [0.5, 0.6) is 0 Å². The summed E-state index contributed by atoms with van der Waals surface area (Å²) in [5, 5.41) is 3.13. The average molecular weight is 316 g/mol. The number of hydrogen-bond donors (Lipinski definition) is 2. The van der Waals surface area contributed by atoms with Crippen molar-refractivity contribution in [2.24, 2.45) is 5.73 Å². The molecule has 2 rings (SSSR count). The van der Waals surface area contributed by atoms with Crippen LogP contribution in [0.25, 0.3) is 0 Å². The Morgan fingerprint density at radius 3 is 2.55 bits per heavy atom. The zero-order valence-corrected chi connectivity index (χ0v) is 12.0. The number of carbonyl (C=O) groups is 3. The highest BCUT2D eigenvalue weighted by molar-refractivity contribution is 6.42. The van der Waals surface area contributed by atoms with Gasteiger partial charge in [-0.05, 0) is 24.6 Å². The third-order valence-electron chi connectivity index (χ3n) is 3.09. The molecule has 0 unspecified atom stereocenters. The van der Waals surface area contributed by atoms with Gasteiger partial charge in [-0.3, -0.25) is 14.5 Å². The number of imide groups is 1. The molecule has 8 heteroatoms. The van der Waals surface area contributed by atoms with E-state index in [1.165, 1.54) is 19.1 Å². The maximum Gasteiger partial charge on any atom is 0.325 e. The summed E-state index contributed by atoms with van der Waals surface area (Å²) < 4.78 is 0. The summed E-state index contributed by atoms with van der Waals surface area (Å²) in [7, 11) is 0. The number of hydrogen-bond acceptors (Lipinski definition) is 3. The van der Waals surface area contributed by atoms with E-state index >= 15 is 0 Å². The number of primary amides is 1. The van der Waals surface area contributed by atoms with Crippen LogP contribution in [0.1, 0.15) is 12.5 Å². The number of nitrogens with zero attached hydrogens (tertiary/aromatic N) is 1. The lowest BCUT2D eigenvalue weighted by Gasteiger charge is -2.22. The van der Waals surface area contributed by atoms with E-state index < -0.39 is 29.9 Å². The summed E-state index contributed by atoms with van der Waals surface area (Å²) in [4.78, 5) is 35.8. The SMILES string of the molecule is C[C@@]1(c2ccc(Cl)c(Cl)c2)NC(=O)N(CC(N)=O)C1=O. The second-order valence-electron chi connectivity index (χ2n) is 4.54. The minimum atomic E-state index is -1.30. The number of urea groups is 1. The molecule has 0 aromatic heterocycles. The fourth-order valence-corrected chi connectivity index (χ4v) is 2.30. The van der Waals surface area contributed by atoms with Crippen molar-refractivity contribution in [3.8, 4) is 0 Å². The minimum absolute atomic E-state index is 0.265. The molecule has 1 atom stereocenters. The Bertz CT molecular complexity index is 620. The molecule has 0 spiro atoms. The third kappa shape index (κ3) is 2.32. The second-order valence-corrected chi connectivity index (χ2v) is 5.36. The van der Waals surface area contributed by atoms with E-state index in [0.29, 0.717) is 10.6 Å². The van der Waals surface area contributed by atoms with Gasteiger partial charge in [0.25, 0.3) is 5.91 Å². The zero-order chi connectivity index (χ0) is 15.1. The molecular weight excluding hydrogens is 305 g/mol. The van der Waals surface area contributed by atoms with Crippen molar-refractivity contribution in [3.05, 3.63) is 33.8 Å². The average Bonchev–Trinajstić information content (AvgIpc) is 2.57. The normalized spacial score (nSPS) is 22.1. The van der Waals surface area contributed by atoms with Crippen LogP contribution in [0.15, 0.2) is 18.2 Å². The Morgan fingerprint density at radius 1 is 1.35 bits per heavy atom. The first-order chi connectivity index (χ1) is 9.25. The molecule has 1 aromatic carbocycles. The van der Waals surface area contributed by atoms with Crippen LogP contribution in [-0.4, -0.2) is 29.3 Å². The third-order valence-corrected chi connectivity index (χ3v) is 3.82. The lowest BCUT2D eigenvalue weighted by atomic mass is 9.92. The summed E-state index contributed by atoms with van der Waals surface area (Å²) in [6.45, 7) is 1.05. The van der Waals surface area contributed by atoms with Crippen molar-refractivity contribution >= 4 is 41.0 Å². The van der Waals surface area contributed by atoms with E-state index in [0.717, 1.165) is 4.90 Å². The number of amides is 4. The molecule has 0 radical (unpaired) electrons. The number of carbonyl (C=O) groups excluding carboxylic acids is 3. The van der Waals surface area contributed by atoms with Crippen molar-refractivity contribution in [2.75, 3.05) is 6.54 Å². The van der Waals surface area contributed by atoms with E-state index in [2.05, 4.69) is 5.32 Å². The predicted molar refractivity (Wildman–Crippen MR) is 73.3 cm³/mol. The Morgan fingerprint density at radius 2 is 2.00 bits per heavy atom. The van der Waals surface area contributed by atoms with E-state index in [1.807, 2.05) is 0 Å². The quantitative estimate of drug-likeness (QED) is 0.822. The van der Waals surface area contributed by atoms with Gasteiger partial charge in [-0.2, -0.15) is 0 Å². The standard InChI is InChI=1S/C12H11Cl2N3O3/c1-12(6-2-3-7(13)8(14)4-6)10(19)17(5-9(15)18)11(20)16-12/h2-4H,5H2,1H3,(H2,15,18)(H,16,20)/t12-/m0/s1. The highest BCUT2D eigenvalue weighted by atomic mass is 35.5. The van der Waals surface area contributed by atoms with Crippen molar-refractivity contribution in [3.63, 3.8) is 0 Å². The molecule has 1 aromatic rings. The molecule has 1 aliphatic heterocycles. The summed E-state index contributed by atoms with van der Waals surface area (Å²) in [6.07, 6.45) is 0. The molecule has 0 bridgehead atoms. The molecule has 6 nitrogen and oxygen atoms in total. The predicted octanol–water partition coefficient (Wildman–Crippen LogP) is 1.25. The first-order valence-corrected chi connectivity index (χ1v) is 6.39. The first-order valence-electron chi connectivity index (χ1n) is 5.63. The molecule has 1 heterocycles. The van der Waals surface area contributed by atoms with E-state index in [1.54, 1.807) is 6.07 Å². The summed E-state index contributed by atoms with van der Waals surface area (Å²) in [5.74, 6) is -1.34. The fourth-order valence-electron chi connectivity index (χ4n) is 2.00. The maximum atomic E-state index is 12.3. The first kappa shape index (κ1) is 14.6. The van der Waals surface area contributed by atoms with Gasteiger partial charge in [0.2, 0.25) is 5.91 Å². The lowest BCUT2D eigenvalue weighted by Crippen LogP contribution is -2.42. The minimum Gasteiger partial charge on any atom is -0.368 e. The molecule has 4 amide bonds. The van der Waals surface area contributed by atoms with E-state index in [9.17, 15) is 14.4 Å². The summed E-state index contributed by atoms with van der Waals surface area (Å²) in [6, 6.07) is 3.93. The van der Waals surface area contributed by atoms with Crippen LogP contribution in [0.3, 0.4) is 0 Å². The van der Waals surface area contributed by atoms with Crippen LogP contribution >= 0.6 is 23.2 Å². The Balaban J connectivity index is 2.40. The molecule has 1 saturated heterocycles. The maximum absolute atomic E-state index is 12.3. The molecule has 0 aliphatic carbocycles. The Hall–Kier alpha value is -1.79. The van der Waals surface area contributed by atoms with E-state index in [-0.39, 0.29) is 5.02 Å². The van der Waals surface area contributed by atoms with Gasteiger partial charge in [0.15, 0.2) is 0 Å². The van der Waals surface area contributed by atoms with Crippen molar-refractivity contribution < 1.29 is 14.4 Å². The topological polar surface area (TPSA) is 92.5 Å². The van der Waals surface area contributed by atoms with Gasteiger partial charge in [0, 0.05) is 0 Å². The van der Waals surface area contributed by atoms with Crippen molar-refractivity contribution in [1.29, 1.82) is 0 Å². The van der Waals surface area contributed by atoms with Gasteiger partial charge >= 0.3 is 6.03 Å². The Labute approximate surface area is 124 Å². The van der Waals surface area contributed by atoms with Crippen LogP contribution < -0.4 is 11.1 Å². The number of rotatable bonds is 3. The van der Waals surface area contributed by atoms with Gasteiger partial charge in [-0.25, -0.2) is 4.79 Å². The molecule has 106 valence electrons. The van der Waals surface area contributed by atoms with E-state index in [4.69, 9.17) is 28.9 Å². The number of benzene rings is 1. The number of nitrogens with one attached hydrogen (secondary N) is 1. The van der Waals surface area contributed by atoms with Gasteiger partial charge in [0.1, 0.15) is 12.1 Å². The molecule has 1 fully saturated rings. The van der Waals surface area contributed by atoms with Crippen molar-refractivity contribution in [1.82, 2.24) is 10.2 Å². The fraction of sp³-hybridized carbons (Fsp3) is 0.250. The highest BCUT2D eigenvalue weighted by Crippen LogP contribution is 2.32. The smallest absolute Gasteiger partial charge is 0.325 e. The molecule has 1 aliphatic rings. The van der Waals surface area contributed by atoms with Gasteiger partial charge in [-0.15, -0.1) is 0 Å². The lowest BCUT2D eigenvalue weighted by molar-refractivity contribution is -0.134. The summed E-state index contributed by atoms with van der Waals surface area (Å²) >= 11 is 11.7. The van der Waals surface area contributed by atoms with Crippen LogP contribution in [0.4, 0.5) is 4.79 Å². The molecule has 20 heavy (non-hydrogen) atoms. The zero-order valence-electron chi connectivity index (χ0n) is 10.4. The largest absolute Gasteiger partial charge is 0.368 e. The molecule has 3 N–H and O–H groups in total. The van der Waals surface area contributed by atoms with Crippen LogP contribution in [0.2, 0.25) is 10.0 Å². The van der Waals surface area contributed by atoms with Crippen LogP contribution in [-0.2, 0) is 15.1 Å². The van der Waals surface area contributed by atoms with Gasteiger partial charge in [-0.1, -0.05) is 29.3 Å². The van der Waals surface area contributed by atoms with Crippen molar-refractivity contribution in [2.45, 2.75) is 12.5 Å². The van der Waals surface area contributed by atoms with Gasteiger partial charge in [0.05, 0.1) is 10.0 Å². The summed E-state index contributed by atoms with van der Waals surface area (Å²) in [5.41, 5.74) is 4.18. The van der Waals surface area contributed by atoms with Crippen LogP contribution in [0, 0.1) is 0 Å².